The maximum Gasteiger partial charge on any atom is 0.379 e. The van der Waals surface area contributed by atoms with E-state index in [9.17, 15) is 9.59 Å². The summed E-state index contributed by atoms with van der Waals surface area (Å²) < 4.78 is 5.01. The molecule has 0 saturated heterocycles. The Kier molecular flexibility index (Phi) is 10.5. The number of hydrogen-bond donors (Lipinski definition) is 0. The highest BCUT2D eigenvalue weighted by molar-refractivity contribution is 6.40. The number of Topliss-reactive ketones (excluding diaryl/α,β-unsaturated/α-hetero) is 1. The molecule has 0 bridgehead atoms. The van der Waals surface area contributed by atoms with E-state index in [1.807, 2.05) is 0 Å². The maximum atomic E-state index is 11.8. The van der Waals surface area contributed by atoms with Crippen LogP contribution in [0, 0.1) is 0 Å². The van der Waals surface area contributed by atoms with E-state index in [-0.39, 0.29) is 6.61 Å². The predicted octanol–water partition coefficient (Wildman–Crippen LogP) is 5.11. The molecule has 0 saturated carbocycles. The fraction of sp³-hybridized carbons (Fsp3) is 0.500. The average Bonchev–Trinajstić information content (AvgIpc) is 2.59. The number of hydrogen-bond acceptors (Lipinski definition) is 3. The van der Waals surface area contributed by atoms with Gasteiger partial charge >= 0.3 is 5.97 Å². The summed E-state index contributed by atoms with van der Waals surface area (Å²) in [5, 5.41) is 0. The molecule has 0 aliphatic carbocycles. The van der Waals surface area contributed by atoms with Crippen LogP contribution in [0.25, 0.3) is 0 Å². The zero-order valence-electron chi connectivity index (χ0n) is 14.1. The van der Waals surface area contributed by atoms with E-state index in [4.69, 9.17) is 4.74 Å². The van der Waals surface area contributed by atoms with E-state index in [1.165, 1.54) is 32.1 Å². The second kappa shape index (κ2) is 12.6. The molecule has 23 heavy (non-hydrogen) atoms. The molecule has 3 nitrogen and oxygen atoms in total. The first kappa shape index (κ1) is 19.1. The molecule has 1 aromatic carbocycles. The van der Waals surface area contributed by atoms with Gasteiger partial charge in [0.05, 0.1) is 6.61 Å². The molecule has 0 spiro atoms. The van der Waals surface area contributed by atoms with Crippen LogP contribution in [0.5, 0.6) is 0 Å². The van der Waals surface area contributed by atoms with Gasteiger partial charge in [0.15, 0.2) is 0 Å². The van der Waals surface area contributed by atoms with Gasteiger partial charge in [0.2, 0.25) is 0 Å². The Morgan fingerprint density at radius 2 is 1.57 bits per heavy atom. The number of unbranched alkanes of at least 4 members (excludes halogenated alkanes) is 6. The van der Waals surface area contributed by atoms with Crippen molar-refractivity contribution in [2.75, 3.05) is 6.61 Å². The summed E-state index contributed by atoms with van der Waals surface area (Å²) >= 11 is 0. The summed E-state index contributed by atoms with van der Waals surface area (Å²) in [7, 11) is 0. The number of allylic oxidation sites excluding steroid dienone is 2. The highest BCUT2D eigenvalue weighted by atomic mass is 16.5. The molecule has 0 atom stereocenters. The van der Waals surface area contributed by atoms with Gasteiger partial charge in [0, 0.05) is 5.56 Å². The molecule has 1 aromatic rings. The molecular weight excluding hydrogens is 288 g/mol. The smallest absolute Gasteiger partial charge is 0.379 e. The summed E-state index contributed by atoms with van der Waals surface area (Å²) in [4.78, 5) is 23.4. The Morgan fingerprint density at radius 3 is 2.26 bits per heavy atom. The van der Waals surface area contributed by atoms with Gasteiger partial charge in [-0.3, -0.25) is 4.79 Å². The van der Waals surface area contributed by atoms with Crippen molar-refractivity contribution in [2.45, 2.75) is 58.3 Å². The van der Waals surface area contributed by atoms with Crippen LogP contribution in [0.4, 0.5) is 0 Å². The molecule has 3 heteroatoms. The van der Waals surface area contributed by atoms with Gasteiger partial charge in [-0.25, -0.2) is 4.79 Å². The second-order valence-corrected chi connectivity index (χ2v) is 5.65. The fourth-order valence-corrected chi connectivity index (χ4v) is 2.24. The summed E-state index contributed by atoms with van der Waals surface area (Å²) in [5.74, 6) is -1.34. The highest BCUT2D eigenvalue weighted by Gasteiger charge is 2.16. The third-order valence-electron chi connectivity index (χ3n) is 3.61. The average molecular weight is 316 g/mol. The molecule has 0 N–H and O–H groups in total. The third kappa shape index (κ3) is 8.97. The minimum absolute atomic E-state index is 0.290. The quantitative estimate of drug-likeness (QED) is 0.177. The Bertz CT molecular complexity index is 477. The second-order valence-electron chi connectivity index (χ2n) is 5.65. The normalized spacial score (nSPS) is 10.8. The number of ether oxygens (including phenoxy) is 1. The zero-order valence-corrected chi connectivity index (χ0v) is 14.1. The van der Waals surface area contributed by atoms with E-state index < -0.39 is 11.8 Å². The van der Waals surface area contributed by atoms with E-state index in [0.29, 0.717) is 5.56 Å². The number of benzene rings is 1. The van der Waals surface area contributed by atoms with Crippen LogP contribution in [-0.4, -0.2) is 18.4 Å². The minimum Gasteiger partial charge on any atom is -0.460 e. The first-order chi connectivity index (χ1) is 11.3. The van der Waals surface area contributed by atoms with Crippen LogP contribution in [-0.2, 0) is 9.53 Å². The minimum atomic E-state index is -0.767. The van der Waals surface area contributed by atoms with Crippen LogP contribution >= 0.6 is 0 Å². The Balaban J connectivity index is 2.04. The van der Waals surface area contributed by atoms with Crippen molar-refractivity contribution in [3.8, 4) is 0 Å². The highest BCUT2D eigenvalue weighted by Crippen LogP contribution is 2.06. The van der Waals surface area contributed by atoms with Gasteiger partial charge in [-0.05, 0) is 25.7 Å². The fourth-order valence-electron chi connectivity index (χ4n) is 2.24. The number of esters is 1. The summed E-state index contributed by atoms with van der Waals surface area (Å²) in [5.41, 5.74) is 0.375. The van der Waals surface area contributed by atoms with Crippen molar-refractivity contribution >= 4 is 11.8 Å². The van der Waals surface area contributed by atoms with Crippen molar-refractivity contribution in [1.29, 1.82) is 0 Å². The molecule has 126 valence electrons. The number of ketones is 1. The van der Waals surface area contributed by atoms with E-state index in [2.05, 4.69) is 19.1 Å². The molecule has 0 heterocycles. The van der Waals surface area contributed by atoms with Crippen LogP contribution in [0.1, 0.15) is 68.6 Å². The lowest BCUT2D eigenvalue weighted by atomic mass is 10.1. The molecular formula is C20H28O3. The van der Waals surface area contributed by atoms with Gasteiger partial charge < -0.3 is 4.74 Å². The van der Waals surface area contributed by atoms with Crippen molar-refractivity contribution in [1.82, 2.24) is 0 Å². The van der Waals surface area contributed by atoms with Crippen LogP contribution in [0.2, 0.25) is 0 Å². The lowest BCUT2D eigenvalue weighted by Gasteiger charge is -2.02. The van der Waals surface area contributed by atoms with Gasteiger partial charge in [-0.1, -0.05) is 75.1 Å². The van der Waals surface area contributed by atoms with Crippen molar-refractivity contribution in [3.63, 3.8) is 0 Å². The molecule has 0 radical (unpaired) electrons. The SMILES string of the molecule is CCCCCCCC=CCCCOC(=O)C(=O)c1ccccc1. The zero-order chi connectivity index (χ0) is 16.8. The molecule has 0 aliphatic heterocycles. The van der Waals surface area contributed by atoms with Crippen molar-refractivity contribution in [2.24, 2.45) is 0 Å². The first-order valence-corrected chi connectivity index (χ1v) is 8.67. The van der Waals surface area contributed by atoms with Crippen LogP contribution in [0.15, 0.2) is 42.5 Å². The standard InChI is InChI=1S/C20H28O3/c1-2-3-4-5-6-7-8-9-10-14-17-23-20(22)19(21)18-15-12-11-13-16-18/h8-9,11-13,15-16H,2-7,10,14,17H2,1H3. The van der Waals surface area contributed by atoms with Crippen LogP contribution < -0.4 is 0 Å². The Labute approximate surface area is 139 Å². The maximum absolute atomic E-state index is 11.8. The van der Waals surface area contributed by atoms with E-state index >= 15 is 0 Å². The third-order valence-corrected chi connectivity index (χ3v) is 3.61. The lowest BCUT2D eigenvalue weighted by Crippen LogP contribution is -2.18. The largest absolute Gasteiger partial charge is 0.460 e. The topological polar surface area (TPSA) is 43.4 Å². The summed E-state index contributed by atoms with van der Waals surface area (Å²) in [6, 6.07) is 8.50. The monoisotopic (exact) mass is 316 g/mol. The first-order valence-electron chi connectivity index (χ1n) is 8.67. The van der Waals surface area contributed by atoms with Crippen molar-refractivity contribution < 1.29 is 14.3 Å². The van der Waals surface area contributed by atoms with E-state index in [1.54, 1.807) is 30.3 Å². The van der Waals surface area contributed by atoms with E-state index in [0.717, 1.165) is 19.3 Å². The lowest BCUT2D eigenvalue weighted by molar-refractivity contribution is -0.138. The van der Waals surface area contributed by atoms with Gasteiger partial charge in [-0.15, -0.1) is 0 Å². The predicted molar refractivity (Wildman–Crippen MR) is 93.5 cm³/mol. The summed E-state index contributed by atoms with van der Waals surface area (Å²) in [6.45, 7) is 2.51. The van der Waals surface area contributed by atoms with Gasteiger partial charge in [0.1, 0.15) is 0 Å². The Morgan fingerprint density at radius 1 is 0.913 bits per heavy atom. The molecule has 0 fully saturated rings. The summed E-state index contributed by atoms with van der Waals surface area (Å²) in [6.07, 6.45) is 13.6. The molecule has 0 aliphatic rings. The Hall–Kier alpha value is -1.90. The van der Waals surface area contributed by atoms with Gasteiger partial charge in [0.25, 0.3) is 5.78 Å². The molecule has 0 aromatic heterocycles. The molecule has 0 amide bonds. The molecule has 0 unspecified atom stereocenters. The van der Waals surface area contributed by atoms with Gasteiger partial charge in [-0.2, -0.15) is 0 Å². The number of carbonyl (C=O) groups is 2. The van der Waals surface area contributed by atoms with Crippen LogP contribution in [0.3, 0.4) is 0 Å². The molecule has 1 rings (SSSR count). The van der Waals surface area contributed by atoms with Crippen molar-refractivity contribution in [3.05, 3.63) is 48.0 Å². The number of carbonyl (C=O) groups excluding carboxylic acids is 2. The number of rotatable bonds is 12.